The van der Waals surface area contributed by atoms with Crippen LogP contribution in [0.1, 0.15) is 23.7 Å². The highest BCUT2D eigenvalue weighted by molar-refractivity contribution is 6.44. The van der Waals surface area contributed by atoms with Crippen LogP contribution in [0, 0.1) is 11.3 Å². The second-order valence-corrected chi connectivity index (χ2v) is 4.36. The highest BCUT2D eigenvalue weighted by atomic mass is 35.5. The van der Waals surface area contributed by atoms with E-state index in [0.717, 1.165) is 5.56 Å². The molecule has 15 heavy (non-hydrogen) atoms. The van der Waals surface area contributed by atoms with Gasteiger partial charge in [0.15, 0.2) is 0 Å². The number of hydrogen-bond donors (Lipinski definition) is 0. The van der Waals surface area contributed by atoms with Crippen molar-refractivity contribution in [2.75, 3.05) is 7.11 Å². The van der Waals surface area contributed by atoms with Crippen molar-refractivity contribution in [3.8, 4) is 6.07 Å². The first kappa shape index (κ1) is 12.3. The van der Waals surface area contributed by atoms with Gasteiger partial charge in [-0.05, 0) is 17.7 Å². The van der Waals surface area contributed by atoms with Gasteiger partial charge in [-0.15, -0.1) is 23.2 Å². The Hall–Kier alpha value is -0.750. The third kappa shape index (κ3) is 3.71. The third-order valence-corrected chi connectivity index (χ3v) is 2.44. The number of methoxy groups -OCH3 is 1. The molecule has 0 aliphatic carbocycles. The minimum atomic E-state index is -0.453. The summed E-state index contributed by atoms with van der Waals surface area (Å²) in [5, 5.41) is 8.65. The number of nitriles is 1. The molecule has 1 atom stereocenters. The number of ether oxygens (including phenoxy) is 1. The van der Waals surface area contributed by atoms with Crippen LogP contribution in [0.2, 0.25) is 0 Å². The molecule has 0 bridgehead atoms. The lowest BCUT2D eigenvalue weighted by Gasteiger charge is -2.15. The summed E-state index contributed by atoms with van der Waals surface area (Å²) in [7, 11) is 1.61. The standard InChI is InChI=1S/C11H11Cl2NO/c1-15-10(6-11(12)13)9-4-2-8(7-14)3-5-9/h2-5,10-11H,6H2,1H3. The fraction of sp³-hybridized carbons (Fsp3) is 0.364. The summed E-state index contributed by atoms with van der Waals surface area (Å²) in [4.78, 5) is -0.453. The summed E-state index contributed by atoms with van der Waals surface area (Å²) in [5.74, 6) is 0. The number of hydrogen-bond acceptors (Lipinski definition) is 2. The van der Waals surface area contributed by atoms with E-state index in [0.29, 0.717) is 12.0 Å². The number of alkyl halides is 2. The number of rotatable bonds is 4. The molecule has 2 nitrogen and oxygen atoms in total. The Bertz CT molecular complexity index is 343. The van der Waals surface area contributed by atoms with Gasteiger partial charge in [-0.1, -0.05) is 12.1 Å². The first-order valence-corrected chi connectivity index (χ1v) is 5.35. The first-order valence-electron chi connectivity index (χ1n) is 4.48. The lowest BCUT2D eigenvalue weighted by Crippen LogP contribution is -2.05. The Kier molecular flexibility index (Phi) is 4.90. The maximum Gasteiger partial charge on any atom is 0.110 e. The Balaban J connectivity index is 2.79. The van der Waals surface area contributed by atoms with E-state index in [9.17, 15) is 0 Å². The van der Waals surface area contributed by atoms with Crippen LogP contribution in [0.5, 0.6) is 0 Å². The summed E-state index contributed by atoms with van der Waals surface area (Å²) >= 11 is 11.4. The zero-order valence-electron chi connectivity index (χ0n) is 8.28. The second-order valence-electron chi connectivity index (χ2n) is 3.08. The third-order valence-electron chi connectivity index (χ3n) is 2.09. The predicted molar refractivity (Wildman–Crippen MR) is 61.0 cm³/mol. The summed E-state index contributed by atoms with van der Waals surface area (Å²) < 4.78 is 5.27. The number of halogens is 2. The van der Waals surface area contributed by atoms with E-state index in [1.165, 1.54) is 0 Å². The molecule has 0 spiro atoms. The lowest BCUT2D eigenvalue weighted by atomic mass is 10.1. The molecule has 0 fully saturated rings. The van der Waals surface area contributed by atoms with Crippen LogP contribution in [-0.2, 0) is 4.74 Å². The van der Waals surface area contributed by atoms with Crippen LogP contribution < -0.4 is 0 Å². The molecule has 0 aliphatic rings. The molecule has 0 aromatic heterocycles. The van der Waals surface area contributed by atoms with Gasteiger partial charge >= 0.3 is 0 Å². The Morgan fingerprint density at radius 3 is 2.33 bits per heavy atom. The van der Waals surface area contributed by atoms with Gasteiger partial charge in [0, 0.05) is 13.5 Å². The van der Waals surface area contributed by atoms with Crippen molar-refractivity contribution in [1.82, 2.24) is 0 Å². The smallest absolute Gasteiger partial charge is 0.110 e. The fourth-order valence-corrected chi connectivity index (χ4v) is 1.63. The average Bonchev–Trinajstić information content (AvgIpc) is 2.26. The van der Waals surface area contributed by atoms with Crippen LogP contribution >= 0.6 is 23.2 Å². The van der Waals surface area contributed by atoms with Crippen LogP contribution in [0.25, 0.3) is 0 Å². The molecular formula is C11H11Cl2NO. The Labute approximate surface area is 99.4 Å². The highest BCUT2D eigenvalue weighted by Crippen LogP contribution is 2.25. The van der Waals surface area contributed by atoms with Crippen molar-refractivity contribution < 1.29 is 4.74 Å². The van der Waals surface area contributed by atoms with E-state index in [1.54, 1.807) is 19.2 Å². The molecule has 0 amide bonds. The molecule has 1 rings (SSSR count). The molecule has 1 aromatic carbocycles. The molecule has 0 heterocycles. The van der Waals surface area contributed by atoms with Gasteiger partial charge in [0.1, 0.15) is 4.84 Å². The minimum absolute atomic E-state index is 0.127. The molecule has 0 saturated heterocycles. The average molecular weight is 244 g/mol. The number of benzene rings is 1. The topological polar surface area (TPSA) is 33.0 Å². The summed E-state index contributed by atoms with van der Waals surface area (Å²) in [6, 6.07) is 9.26. The van der Waals surface area contributed by atoms with Crippen molar-refractivity contribution in [1.29, 1.82) is 5.26 Å². The largest absolute Gasteiger partial charge is 0.377 e. The fourth-order valence-electron chi connectivity index (χ4n) is 1.30. The highest BCUT2D eigenvalue weighted by Gasteiger charge is 2.14. The lowest BCUT2D eigenvalue weighted by molar-refractivity contribution is 0.0988. The quantitative estimate of drug-likeness (QED) is 0.760. The zero-order chi connectivity index (χ0) is 11.3. The zero-order valence-corrected chi connectivity index (χ0v) is 9.79. The maximum atomic E-state index is 8.65. The SMILES string of the molecule is COC(CC(Cl)Cl)c1ccc(C#N)cc1. The first-order chi connectivity index (χ1) is 7.17. The summed E-state index contributed by atoms with van der Waals surface area (Å²) in [6.45, 7) is 0. The summed E-state index contributed by atoms with van der Waals surface area (Å²) in [5.41, 5.74) is 1.60. The molecular weight excluding hydrogens is 233 g/mol. The van der Waals surface area contributed by atoms with Crippen LogP contribution in [0.15, 0.2) is 24.3 Å². The molecule has 1 unspecified atom stereocenters. The maximum absolute atomic E-state index is 8.65. The second kappa shape index (κ2) is 5.97. The number of nitrogens with zero attached hydrogens (tertiary/aromatic N) is 1. The molecule has 0 radical (unpaired) electrons. The van der Waals surface area contributed by atoms with E-state index < -0.39 is 4.84 Å². The normalized spacial score (nSPS) is 12.5. The van der Waals surface area contributed by atoms with Gasteiger partial charge in [-0.2, -0.15) is 5.26 Å². The van der Waals surface area contributed by atoms with E-state index >= 15 is 0 Å². The van der Waals surface area contributed by atoms with Crippen molar-refractivity contribution >= 4 is 23.2 Å². The Morgan fingerprint density at radius 1 is 1.33 bits per heavy atom. The molecule has 0 aliphatic heterocycles. The van der Waals surface area contributed by atoms with Gasteiger partial charge in [0.2, 0.25) is 0 Å². The van der Waals surface area contributed by atoms with E-state index in [-0.39, 0.29) is 6.10 Å². The van der Waals surface area contributed by atoms with Gasteiger partial charge in [-0.25, -0.2) is 0 Å². The molecule has 0 saturated carbocycles. The van der Waals surface area contributed by atoms with Crippen molar-refractivity contribution in [2.45, 2.75) is 17.4 Å². The van der Waals surface area contributed by atoms with Crippen LogP contribution in [0.4, 0.5) is 0 Å². The monoisotopic (exact) mass is 243 g/mol. The molecule has 4 heteroatoms. The van der Waals surface area contributed by atoms with Gasteiger partial charge in [0.25, 0.3) is 0 Å². The minimum Gasteiger partial charge on any atom is -0.377 e. The van der Waals surface area contributed by atoms with Crippen LogP contribution in [-0.4, -0.2) is 11.9 Å². The van der Waals surface area contributed by atoms with Gasteiger partial charge in [0.05, 0.1) is 17.7 Å². The Morgan fingerprint density at radius 2 is 1.93 bits per heavy atom. The van der Waals surface area contributed by atoms with E-state index in [1.807, 2.05) is 12.1 Å². The van der Waals surface area contributed by atoms with Gasteiger partial charge < -0.3 is 4.74 Å². The van der Waals surface area contributed by atoms with E-state index in [2.05, 4.69) is 6.07 Å². The van der Waals surface area contributed by atoms with Crippen LogP contribution in [0.3, 0.4) is 0 Å². The molecule has 1 aromatic rings. The predicted octanol–water partition coefficient (Wildman–Crippen LogP) is 3.44. The van der Waals surface area contributed by atoms with Crippen molar-refractivity contribution in [3.63, 3.8) is 0 Å². The van der Waals surface area contributed by atoms with Crippen molar-refractivity contribution in [3.05, 3.63) is 35.4 Å². The molecule has 80 valence electrons. The summed E-state index contributed by atoms with van der Waals surface area (Å²) in [6.07, 6.45) is 0.406. The molecule has 0 N–H and O–H groups in total. The van der Waals surface area contributed by atoms with E-state index in [4.69, 9.17) is 33.2 Å². The van der Waals surface area contributed by atoms with Crippen molar-refractivity contribution in [2.24, 2.45) is 0 Å². The van der Waals surface area contributed by atoms with Gasteiger partial charge in [-0.3, -0.25) is 0 Å².